The van der Waals surface area contributed by atoms with Crippen molar-refractivity contribution in [2.45, 2.75) is 32.2 Å². The van der Waals surface area contributed by atoms with Gasteiger partial charge in [-0.2, -0.15) is 0 Å². The van der Waals surface area contributed by atoms with Gasteiger partial charge >= 0.3 is 0 Å². The Labute approximate surface area is 126 Å². The van der Waals surface area contributed by atoms with E-state index in [0.29, 0.717) is 11.3 Å². The summed E-state index contributed by atoms with van der Waals surface area (Å²) >= 11 is 3.54. The van der Waals surface area contributed by atoms with Crippen molar-refractivity contribution in [3.8, 4) is 0 Å². The standard InChI is InChI=1S/C14H17BrN2O3/c1-7-5-17(6-8(2)20-7)12-4-11-9(3-10(12)15)13(18)14(19)16-11/h3-4,7-8,13,18H,5-6H2,1-2H3,(H,16,19). The number of amides is 1. The van der Waals surface area contributed by atoms with Crippen LogP contribution in [0.4, 0.5) is 11.4 Å². The molecular weight excluding hydrogens is 324 g/mol. The summed E-state index contributed by atoms with van der Waals surface area (Å²) < 4.78 is 6.62. The van der Waals surface area contributed by atoms with Gasteiger partial charge in [-0.15, -0.1) is 0 Å². The van der Waals surface area contributed by atoms with Gasteiger partial charge in [-0.3, -0.25) is 4.79 Å². The average molecular weight is 341 g/mol. The molecule has 2 aliphatic heterocycles. The highest BCUT2D eigenvalue weighted by Gasteiger charge is 2.31. The van der Waals surface area contributed by atoms with Crippen molar-refractivity contribution in [3.05, 3.63) is 22.2 Å². The summed E-state index contributed by atoms with van der Waals surface area (Å²) in [5.41, 5.74) is 2.33. The third-order valence-electron chi connectivity index (χ3n) is 3.68. The van der Waals surface area contributed by atoms with E-state index in [2.05, 4.69) is 40.0 Å². The number of halogens is 1. The van der Waals surface area contributed by atoms with E-state index < -0.39 is 6.10 Å². The Hall–Kier alpha value is -1.11. The Morgan fingerprint density at radius 1 is 1.35 bits per heavy atom. The monoisotopic (exact) mass is 340 g/mol. The number of morpholine rings is 1. The molecule has 5 nitrogen and oxygen atoms in total. The summed E-state index contributed by atoms with van der Waals surface area (Å²) in [6.45, 7) is 5.71. The largest absolute Gasteiger partial charge is 0.378 e. The Morgan fingerprint density at radius 3 is 2.65 bits per heavy atom. The van der Waals surface area contributed by atoms with Crippen LogP contribution in [0.5, 0.6) is 0 Å². The van der Waals surface area contributed by atoms with Gasteiger partial charge in [0.1, 0.15) is 0 Å². The Balaban J connectivity index is 1.95. The minimum atomic E-state index is -1.07. The lowest BCUT2D eigenvalue weighted by molar-refractivity contribution is -0.123. The summed E-state index contributed by atoms with van der Waals surface area (Å²) in [7, 11) is 0. The second-order valence-corrected chi connectivity index (χ2v) is 6.30. The number of fused-ring (bicyclic) bond motifs is 1. The quantitative estimate of drug-likeness (QED) is 0.821. The second kappa shape index (κ2) is 5.02. The van der Waals surface area contributed by atoms with Gasteiger partial charge in [0.15, 0.2) is 6.10 Å². The molecular formula is C14H17BrN2O3. The van der Waals surface area contributed by atoms with Gasteiger partial charge in [-0.05, 0) is 41.9 Å². The van der Waals surface area contributed by atoms with Crippen molar-refractivity contribution in [3.63, 3.8) is 0 Å². The Bertz CT molecular complexity index is 554. The van der Waals surface area contributed by atoms with Crippen LogP contribution in [0.25, 0.3) is 0 Å². The topological polar surface area (TPSA) is 61.8 Å². The minimum Gasteiger partial charge on any atom is -0.378 e. The Kier molecular flexibility index (Phi) is 3.48. The van der Waals surface area contributed by atoms with Crippen LogP contribution in [-0.4, -0.2) is 36.3 Å². The van der Waals surface area contributed by atoms with E-state index in [1.165, 1.54) is 0 Å². The van der Waals surface area contributed by atoms with Crippen LogP contribution in [-0.2, 0) is 9.53 Å². The van der Waals surface area contributed by atoms with E-state index in [0.717, 1.165) is 23.2 Å². The van der Waals surface area contributed by atoms with Crippen LogP contribution < -0.4 is 10.2 Å². The van der Waals surface area contributed by atoms with E-state index in [-0.39, 0.29) is 18.1 Å². The van der Waals surface area contributed by atoms with E-state index in [4.69, 9.17) is 4.74 Å². The third-order valence-corrected chi connectivity index (χ3v) is 4.32. The molecule has 0 aromatic heterocycles. The molecule has 2 N–H and O–H groups in total. The molecule has 3 rings (SSSR count). The number of rotatable bonds is 1. The number of aliphatic hydroxyl groups excluding tert-OH is 1. The number of carbonyl (C=O) groups excluding carboxylic acids is 1. The summed E-state index contributed by atoms with van der Waals surface area (Å²) in [5.74, 6) is -0.368. The molecule has 0 radical (unpaired) electrons. The lowest BCUT2D eigenvalue weighted by Crippen LogP contribution is -2.45. The fourth-order valence-electron chi connectivity index (χ4n) is 2.87. The molecule has 2 heterocycles. The Morgan fingerprint density at radius 2 is 2.00 bits per heavy atom. The van der Waals surface area contributed by atoms with Crippen LogP contribution in [0.15, 0.2) is 16.6 Å². The fourth-order valence-corrected chi connectivity index (χ4v) is 3.48. The molecule has 20 heavy (non-hydrogen) atoms. The SMILES string of the molecule is CC1CN(c2cc3c(cc2Br)C(O)C(=O)N3)CC(C)O1. The van der Waals surface area contributed by atoms with Crippen molar-refractivity contribution in [1.82, 2.24) is 0 Å². The van der Waals surface area contributed by atoms with Gasteiger partial charge in [0.2, 0.25) is 0 Å². The van der Waals surface area contributed by atoms with Gasteiger partial charge in [-0.1, -0.05) is 0 Å². The second-order valence-electron chi connectivity index (χ2n) is 5.44. The van der Waals surface area contributed by atoms with Crippen molar-refractivity contribution >= 4 is 33.2 Å². The summed E-state index contributed by atoms with van der Waals surface area (Å²) in [6, 6.07) is 3.73. The number of anilines is 2. The molecule has 0 saturated carbocycles. The number of aliphatic hydroxyl groups is 1. The molecule has 1 amide bonds. The van der Waals surface area contributed by atoms with Crippen molar-refractivity contribution in [2.24, 2.45) is 0 Å². The predicted octanol–water partition coefficient (Wildman–Crippen LogP) is 2.05. The van der Waals surface area contributed by atoms with Gasteiger partial charge < -0.3 is 20.1 Å². The van der Waals surface area contributed by atoms with E-state index >= 15 is 0 Å². The first-order valence-electron chi connectivity index (χ1n) is 6.68. The molecule has 0 aliphatic carbocycles. The van der Waals surface area contributed by atoms with Gasteiger partial charge in [0.05, 0.1) is 17.9 Å². The lowest BCUT2D eigenvalue weighted by Gasteiger charge is -2.37. The predicted molar refractivity (Wildman–Crippen MR) is 80.0 cm³/mol. The molecule has 1 fully saturated rings. The summed E-state index contributed by atoms with van der Waals surface area (Å²) in [5, 5.41) is 12.5. The molecule has 3 unspecified atom stereocenters. The summed E-state index contributed by atoms with van der Waals surface area (Å²) in [6.07, 6.45) is -0.740. The first kappa shape index (κ1) is 13.9. The zero-order chi connectivity index (χ0) is 14.4. The fraction of sp³-hybridized carbons (Fsp3) is 0.500. The normalized spacial score (nSPS) is 29.3. The maximum Gasteiger partial charge on any atom is 0.257 e. The average Bonchev–Trinajstić information content (AvgIpc) is 2.63. The molecule has 1 saturated heterocycles. The van der Waals surface area contributed by atoms with Crippen molar-refractivity contribution in [1.29, 1.82) is 0 Å². The number of hydrogen-bond donors (Lipinski definition) is 2. The number of hydrogen-bond acceptors (Lipinski definition) is 4. The van der Waals surface area contributed by atoms with Crippen LogP contribution in [0, 0.1) is 0 Å². The van der Waals surface area contributed by atoms with Gasteiger partial charge in [0, 0.05) is 28.8 Å². The number of benzene rings is 1. The molecule has 2 aliphatic rings. The third kappa shape index (κ3) is 2.32. The molecule has 1 aromatic carbocycles. The molecule has 0 spiro atoms. The molecule has 3 atom stereocenters. The highest BCUT2D eigenvalue weighted by atomic mass is 79.9. The molecule has 6 heteroatoms. The van der Waals surface area contributed by atoms with E-state index in [9.17, 15) is 9.90 Å². The highest BCUT2D eigenvalue weighted by molar-refractivity contribution is 9.10. The minimum absolute atomic E-state index is 0.166. The van der Waals surface area contributed by atoms with Crippen LogP contribution >= 0.6 is 15.9 Å². The van der Waals surface area contributed by atoms with Crippen molar-refractivity contribution in [2.75, 3.05) is 23.3 Å². The molecule has 108 valence electrons. The van der Waals surface area contributed by atoms with Gasteiger partial charge in [-0.25, -0.2) is 0 Å². The molecule has 1 aromatic rings. The van der Waals surface area contributed by atoms with Crippen LogP contribution in [0.3, 0.4) is 0 Å². The number of nitrogens with zero attached hydrogens (tertiary/aromatic N) is 1. The van der Waals surface area contributed by atoms with Crippen LogP contribution in [0.2, 0.25) is 0 Å². The smallest absolute Gasteiger partial charge is 0.257 e. The number of ether oxygens (including phenoxy) is 1. The maximum atomic E-state index is 11.5. The lowest BCUT2D eigenvalue weighted by atomic mass is 10.1. The first-order chi connectivity index (χ1) is 9.45. The van der Waals surface area contributed by atoms with Gasteiger partial charge in [0.25, 0.3) is 5.91 Å². The maximum absolute atomic E-state index is 11.5. The highest BCUT2D eigenvalue weighted by Crippen LogP contribution is 2.39. The number of carbonyl (C=O) groups is 1. The van der Waals surface area contributed by atoms with E-state index in [1.54, 1.807) is 0 Å². The molecule has 0 bridgehead atoms. The zero-order valence-corrected chi connectivity index (χ0v) is 13.0. The van der Waals surface area contributed by atoms with E-state index in [1.807, 2.05) is 12.1 Å². The van der Waals surface area contributed by atoms with Crippen LogP contribution in [0.1, 0.15) is 25.5 Å². The zero-order valence-electron chi connectivity index (χ0n) is 11.4. The summed E-state index contributed by atoms with van der Waals surface area (Å²) in [4.78, 5) is 13.8. The van der Waals surface area contributed by atoms with Crippen molar-refractivity contribution < 1.29 is 14.6 Å². The first-order valence-corrected chi connectivity index (χ1v) is 7.48. The number of nitrogens with one attached hydrogen (secondary N) is 1.